The summed E-state index contributed by atoms with van der Waals surface area (Å²) in [5.74, 6) is -2.42. The Morgan fingerprint density at radius 2 is 2.12 bits per heavy atom. The highest BCUT2D eigenvalue weighted by Gasteiger charge is 2.20. The van der Waals surface area contributed by atoms with Crippen molar-refractivity contribution in [2.24, 2.45) is 0 Å². The zero-order valence-electron chi connectivity index (χ0n) is 9.38. The Bertz CT molecular complexity index is 440. The van der Waals surface area contributed by atoms with Gasteiger partial charge in [-0.1, -0.05) is 0 Å². The zero-order chi connectivity index (χ0) is 13.2. The van der Waals surface area contributed by atoms with E-state index in [4.69, 9.17) is 5.11 Å². The molecule has 0 radical (unpaired) electrons. The second kappa shape index (κ2) is 5.55. The first-order chi connectivity index (χ1) is 7.84. The number of likely N-dealkylation sites (N-methyl/N-ethyl adjacent to an activating group) is 1. The molecule has 1 aromatic rings. The van der Waals surface area contributed by atoms with E-state index in [1.165, 1.54) is 24.9 Å². The lowest BCUT2D eigenvalue weighted by Crippen LogP contribution is -2.35. The van der Waals surface area contributed by atoms with Crippen LogP contribution in [0, 0.1) is 11.6 Å². The normalized spacial score (nSPS) is 12.8. The van der Waals surface area contributed by atoms with Crippen molar-refractivity contribution in [3.63, 3.8) is 0 Å². The fraction of sp³-hybridized carbons (Fsp3) is 0.364. The topological polar surface area (TPSA) is 40.5 Å². The average molecular weight is 308 g/mol. The van der Waals surface area contributed by atoms with Crippen LogP contribution in [0.5, 0.6) is 0 Å². The summed E-state index contributed by atoms with van der Waals surface area (Å²) in [6.45, 7) is 1.35. The molecular formula is C11H12BrF2NO2. The van der Waals surface area contributed by atoms with Gasteiger partial charge in [0.2, 0.25) is 0 Å². The number of rotatable bonds is 4. The molecule has 1 aromatic carbocycles. The highest BCUT2D eigenvalue weighted by molar-refractivity contribution is 9.10. The summed E-state index contributed by atoms with van der Waals surface area (Å²) in [5.41, 5.74) is -0.144. The van der Waals surface area contributed by atoms with Crippen LogP contribution in [0.15, 0.2) is 16.6 Å². The summed E-state index contributed by atoms with van der Waals surface area (Å²) in [6.07, 6.45) is 0. The summed E-state index contributed by atoms with van der Waals surface area (Å²) in [4.78, 5) is 12.1. The number of hydrogen-bond donors (Lipinski definition) is 1. The zero-order valence-corrected chi connectivity index (χ0v) is 11.0. The van der Waals surface area contributed by atoms with E-state index in [1.807, 2.05) is 0 Å². The van der Waals surface area contributed by atoms with Gasteiger partial charge in [0.15, 0.2) is 0 Å². The van der Waals surface area contributed by atoms with Gasteiger partial charge in [-0.3, -0.25) is 9.69 Å². The Morgan fingerprint density at radius 3 is 2.65 bits per heavy atom. The quantitative estimate of drug-likeness (QED) is 0.869. The van der Waals surface area contributed by atoms with Crippen molar-refractivity contribution in [3.05, 3.63) is 33.8 Å². The number of carbonyl (C=O) groups is 1. The summed E-state index contributed by atoms with van der Waals surface area (Å²) in [7, 11) is 1.50. The van der Waals surface area contributed by atoms with E-state index in [2.05, 4.69) is 15.9 Å². The van der Waals surface area contributed by atoms with Crippen molar-refractivity contribution in [3.8, 4) is 0 Å². The van der Waals surface area contributed by atoms with Crippen LogP contribution in [-0.2, 0) is 11.3 Å². The second-order valence-corrected chi connectivity index (χ2v) is 4.61. The second-order valence-electron chi connectivity index (χ2n) is 3.75. The molecule has 1 unspecified atom stereocenters. The Hall–Kier alpha value is -1.01. The first kappa shape index (κ1) is 14.1. The number of benzene rings is 1. The third-order valence-electron chi connectivity index (χ3n) is 2.56. The lowest BCUT2D eigenvalue weighted by atomic mass is 10.1. The van der Waals surface area contributed by atoms with E-state index in [0.29, 0.717) is 0 Å². The average Bonchev–Trinajstić information content (AvgIpc) is 2.28. The highest BCUT2D eigenvalue weighted by atomic mass is 79.9. The van der Waals surface area contributed by atoms with Gasteiger partial charge in [0.05, 0.1) is 4.47 Å². The van der Waals surface area contributed by atoms with Gasteiger partial charge in [-0.05, 0) is 42.0 Å². The molecule has 0 saturated carbocycles. The fourth-order valence-electron chi connectivity index (χ4n) is 1.29. The van der Waals surface area contributed by atoms with Gasteiger partial charge in [0, 0.05) is 12.1 Å². The number of carboxylic acid groups (broad SMARTS) is 1. The molecule has 0 aliphatic heterocycles. The largest absolute Gasteiger partial charge is 0.480 e. The fourth-order valence-corrected chi connectivity index (χ4v) is 1.66. The lowest BCUT2D eigenvalue weighted by Gasteiger charge is -2.21. The van der Waals surface area contributed by atoms with Crippen LogP contribution >= 0.6 is 15.9 Å². The van der Waals surface area contributed by atoms with Crippen molar-refractivity contribution < 1.29 is 18.7 Å². The molecule has 0 amide bonds. The van der Waals surface area contributed by atoms with Gasteiger partial charge in [-0.15, -0.1) is 0 Å². The van der Waals surface area contributed by atoms with Gasteiger partial charge in [-0.25, -0.2) is 8.78 Å². The molecule has 0 aliphatic carbocycles. The molecule has 0 bridgehead atoms. The predicted molar refractivity (Wildman–Crippen MR) is 62.6 cm³/mol. The summed E-state index contributed by atoms with van der Waals surface area (Å²) in [6, 6.07) is 1.60. The molecule has 0 aromatic heterocycles. The number of carboxylic acids is 1. The number of aliphatic carboxylic acids is 1. The van der Waals surface area contributed by atoms with Crippen molar-refractivity contribution in [2.45, 2.75) is 19.5 Å². The van der Waals surface area contributed by atoms with E-state index >= 15 is 0 Å². The number of halogens is 3. The minimum atomic E-state index is -1.04. The van der Waals surface area contributed by atoms with Crippen molar-refractivity contribution in [1.29, 1.82) is 0 Å². The van der Waals surface area contributed by atoms with Crippen LogP contribution in [0.2, 0.25) is 0 Å². The maximum absolute atomic E-state index is 13.6. The van der Waals surface area contributed by atoms with Crippen molar-refractivity contribution >= 4 is 21.9 Å². The number of hydrogen-bond acceptors (Lipinski definition) is 2. The Morgan fingerprint density at radius 1 is 1.53 bits per heavy atom. The summed E-state index contributed by atoms with van der Waals surface area (Å²) >= 11 is 2.96. The molecule has 3 nitrogen and oxygen atoms in total. The molecule has 0 heterocycles. The molecule has 0 saturated heterocycles. The predicted octanol–water partition coefficient (Wildman–Crippen LogP) is 2.63. The first-order valence-corrected chi connectivity index (χ1v) is 5.69. The van der Waals surface area contributed by atoms with Gasteiger partial charge in [0.1, 0.15) is 17.7 Å². The minimum absolute atomic E-state index is 0.107. The van der Waals surface area contributed by atoms with Crippen LogP contribution in [-0.4, -0.2) is 29.1 Å². The van der Waals surface area contributed by atoms with Gasteiger partial charge < -0.3 is 5.11 Å². The summed E-state index contributed by atoms with van der Waals surface area (Å²) < 4.78 is 27.2. The van der Waals surface area contributed by atoms with Crippen LogP contribution in [0.25, 0.3) is 0 Å². The van der Waals surface area contributed by atoms with Gasteiger partial charge in [0.25, 0.3) is 0 Å². The molecule has 1 N–H and O–H groups in total. The molecule has 0 fully saturated rings. The maximum Gasteiger partial charge on any atom is 0.320 e. The Labute approximate surface area is 106 Å². The SMILES string of the molecule is CC(C(=O)O)N(C)Cc1c(F)ccc(Br)c1F. The van der Waals surface area contributed by atoms with Crippen molar-refractivity contribution in [2.75, 3.05) is 7.05 Å². The number of nitrogens with zero attached hydrogens (tertiary/aromatic N) is 1. The third kappa shape index (κ3) is 3.23. The van der Waals surface area contributed by atoms with Crippen molar-refractivity contribution in [1.82, 2.24) is 4.90 Å². The Balaban J connectivity index is 2.96. The molecular weight excluding hydrogens is 296 g/mol. The third-order valence-corrected chi connectivity index (χ3v) is 3.18. The van der Waals surface area contributed by atoms with Gasteiger partial charge >= 0.3 is 5.97 Å². The minimum Gasteiger partial charge on any atom is -0.480 e. The van der Waals surface area contributed by atoms with E-state index < -0.39 is 23.6 Å². The Kier molecular flexibility index (Phi) is 4.59. The van der Waals surface area contributed by atoms with E-state index in [-0.39, 0.29) is 16.6 Å². The van der Waals surface area contributed by atoms with Crippen LogP contribution in [0.3, 0.4) is 0 Å². The van der Waals surface area contributed by atoms with Crippen LogP contribution < -0.4 is 0 Å². The monoisotopic (exact) mass is 307 g/mol. The molecule has 6 heteroatoms. The highest BCUT2D eigenvalue weighted by Crippen LogP contribution is 2.23. The molecule has 0 aliphatic rings. The first-order valence-electron chi connectivity index (χ1n) is 4.90. The molecule has 0 spiro atoms. The molecule has 1 rings (SSSR count). The standard InChI is InChI=1S/C11H12BrF2NO2/c1-6(11(16)17)15(2)5-7-9(13)4-3-8(12)10(7)14/h3-4,6H,5H2,1-2H3,(H,16,17). The van der Waals surface area contributed by atoms with E-state index in [0.717, 1.165) is 6.07 Å². The molecule has 94 valence electrons. The smallest absolute Gasteiger partial charge is 0.320 e. The van der Waals surface area contributed by atoms with E-state index in [9.17, 15) is 13.6 Å². The maximum atomic E-state index is 13.6. The van der Waals surface area contributed by atoms with Crippen LogP contribution in [0.4, 0.5) is 8.78 Å². The lowest BCUT2D eigenvalue weighted by molar-refractivity contribution is -0.142. The van der Waals surface area contributed by atoms with Crippen LogP contribution in [0.1, 0.15) is 12.5 Å². The van der Waals surface area contributed by atoms with Gasteiger partial charge in [-0.2, -0.15) is 0 Å². The summed E-state index contributed by atoms with van der Waals surface area (Å²) in [5, 5.41) is 8.79. The van der Waals surface area contributed by atoms with E-state index in [1.54, 1.807) is 0 Å². The molecule has 1 atom stereocenters. The molecule has 17 heavy (non-hydrogen) atoms.